The second kappa shape index (κ2) is 9.74. The Morgan fingerprint density at radius 2 is 1.30 bits per heavy atom. The lowest BCUT2D eigenvalue weighted by Gasteiger charge is -2.04. The Labute approximate surface area is 195 Å². The first kappa shape index (κ1) is 22.3. The van der Waals surface area contributed by atoms with Crippen molar-refractivity contribution in [2.24, 2.45) is 10.2 Å². The highest BCUT2D eigenvalue weighted by atomic mass is 16.1. The van der Waals surface area contributed by atoms with Gasteiger partial charge in [-0.1, -0.05) is 62.4 Å². The van der Waals surface area contributed by atoms with Crippen molar-refractivity contribution < 1.29 is 4.79 Å². The van der Waals surface area contributed by atoms with Crippen LogP contribution in [0.3, 0.4) is 0 Å². The molecule has 164 valence electrons. The predicted octanol–water partition coefficient (Wildman–Crippen LogP) is 8.93. The molecule has 0 heterocycles. The summed E-state index contributed by atoms with van der Waals surface area (Å²) in [5.74, 6) is 0.500. The molecular formula is C30H28N2O. The van der Waals surface area contributed by atoms with Crippen LogP contribution >= 0.6 is 0 Å². The first-order chi connectivity index (χ1) is 15.9. The van der Waals surface area contributed by atoms with Crippen LogP contribution in [0, 0.1) is 13.8 Å². The lowest BCUT2D eigenvalue weighted by atomic mass is 10.0. The number of hydrogen-bond acceptors (Lipinski definition) is 3. The van der Waals surface area contributed by atoms with Crippen molar-refractivity contribution in [2.45, 2.75) is 33.6 Å². The summed E-state index contributed by atoms with van der Waals surface area (Å²) in [5, 5.41) is 8.53. The number of rotatable bonds is 6. The van der Waals surface area contributed by atoms with E-state index in [9.17, 15) is 4.79 Å². The number of aldehydes is 1. The van der Waals surface area contributed by atoms with Crippen molar-refractivity contribution in [2.75, 3.05) is 0 Å². The fourth-order valence-electron chi connectivity index (χ4n) is 3.94. The Hall–Kier alpha value is -3.85. The highest BCUT2D eigenvalue weighted by molar-refractivity contribution is 5.87. The average molecular weight is 433 g/mol. The SMILES string of the molecule is Cc1cc(/C=C/c2ccc(N=Nc3ccc(C=O)cc3)cc2)c2c(C)ccc(C(C)C)cc1-2. The average Bonchev–Trinajstić information content (AvgIpc) is 3.02. The Morgan fingerprint density at radius 1 is 0.697 bits per heavy atom. The summed E-state index contributed by atoms with van der Waals surface area (Å²) in [5.41, 5.74) is 11.1. The topological polar surface area (TPSA) is 41.8 Å². The minimum absolute atomic E-state index is 0.500. The van der Waals surface area contributed by atoms with Gasteiger partial charge in [0.1, 0.15) is 6.29 Å². The second-order valence-corrected chi connectivity index (χ2v) is 8.72. The zero-order valence-corrected chi connectivity index (χ0v) is 19.5. The lowest BCUT2D eigenvalue weighted by Crippen LogP contribution is -1.84. The highest BCUT2D eigenvalue weighted by Gasteiger charge is 2.14. The van der Waals surface area contributed by atoms with Crippen molar-refractivity contribution >= 4 is 29.8 Å². The molecule has 3 heteroatoms. The summed E-state index contributed by atoms with van der Waals surface area (Å²) in [4.78, 5) is 10.7. The van der Waals surface area contributed by atoms with Gasteiger partial charge in [0.05, 0.1) is 11.4 Å². The van der Waals surface area contributed by atoms with E-state index in [4.69, 9.17) is 0 Å². The van der Waals surface area contributed by atoms with Gasteiger partial charge in [0.15, 0.2) is 0 Å². The fourth-order valence-corrected chi connectivity index (χ4v) is 3.94. The van der Waals surface area contributed by atoms with E-state index >= 15 is 0 Å². The van der Waals surface area contributed by atoms with Gasteiger partial charge >= 0.3 is 0 Å². The number of carbonyl (C=O) groups is 1. The zero-order chi connectivity index (χ0) is 23.4. The van der Waals surface area contributed by atoms with E-state index in [0.29, 0.717) is 17.2 Å². The standard InChI is InChI=1S/C30H28N2O/c1-20(2)25-11-5-21(3)30-26(17-22(4)29(30)18-25)12-6-23-7-13-27(14-8-23)31-32-28-15-9-24(19-33)10-16-28/h5-20H,1-4H3/b12-6+,32-31?. The Kier molecular flexibility index (Phi) is 6.60. The van der Waals surface area contributed by atoms with E-state index in [1.807, 2.05) is 24.3 Å². The molecule has 0 saturated carbocycles. The normalized spacial score (nSPS) is 11.8. The van der Waals surface area contributed by atoms with Crippen LogP contribution in [0.25, 0.3) is 23.3 Å². The van der Waals surface area contributed by atoms with Gasteiger partial charge in [0.25, 0.3) is 0 Å². The zero-order valence-electron chi connectivity index (χ0n) is 19.5. The number of aryl methyl sites for hydroxylation is 2. The summed E-state index contributed by atoms with van der Waals surface area (Å²) in [6, 6.07) is 24.1. The Balaban J connectivity index is 1.54. The molecule has 0 spiro atoms. The molecule has 0 atom stereocenters. The van der Waals surface area contributed by atoms with Crippen molar-refractivity contribution in [3.05, 3.63) is 106 Å². The van der Waals surface area contributed by atoms with Gasteiger partial charge < -0.3 is 0 Å². The molecule has 2 aromatic carbocycles. The van der Waals surface area contributed by atoms with Crippen LogP contribution in [-0.4, -0.2) is 6.29 Å². The smallest absolute Gasteiger partial charge is 0.150 e. The van der Waals surface area contributed by atoms with Gasteiger partial charge in [-0.25, -0.2) is 0 Å². The summed E-state index contributed by atoms with van der Waals surface area (Å²) in [6.45, 7) is 8.86. The van der Waals surface area contributed by atoms with Crippen molar-refractivity contribution in [1.82, 2.24) is 0 Å². The molecule has 0 bridgehead atoms. The van der Waals surface area contributed by atoms with Crippen molar-refractivity contribution in [3.8, 4) is 11.1 Å². The predicted molar refractivity (Wildman–Crippen MR) is 138 cm³/mol. The maximum Gasteiger partial charge on any atom is 0.150 e. The van der Waals surface area contributed by atoms with Crippen LogP contribution < -0.4 is 0 Å². The minimum Gasteiger partial charge on any atom is -0.298 e. The largest absolute Gasteiger partial charge is 0.298 e. The number of hydrogen-bond donors (Lipinski definition) is 0. The maximum atomic E-state index is 10.7. The molecule has 0 radical (unpaired) electrons. The minimum atomic E-state index is 0.500. The van der Waals surface area contributed by atoms with E-state index in [-0.39, 0.29) is 0 Å². The quantitative estimate of drug-likeness (QED) is 0.221. The van der Waals surface area contributed by atoms with Crippen LogP contribution in [0.2, 0.25) is 0 Å². The molecule has 0 saturated heterocycles. The lowest BCUT2D eigenvalue weighted by molar-refractivity contribution is 0.112. The number of benzene rings is 2. The van der Waals surface area contributed by atoms with Gasteiger partial charge in [-0.05, 0) is 95.1 Å². The second-order valence-electron chi connectivity index (χ2n) is 8.72. The first-order valence-corrected chi connectivity index (χ1v) is 11.2. The number of fused-ring (bicyclic) bond motifs is 1. The molecule has 2 aromatic rings. The molecule has 0 unspecified atom stereocenters. The molecule has 2 aliphatic carbocycles. The van der Waals surface area contributed by atoms with Gasteiger partial charge in [-0.2, -0.15) is 10.2 Å². The van der Waals surface area contributed by atoms with Crippen LogP contribution in [0.5, 0.6) is 0 Å². The third-order valence-corrected chi connectivity index (χ3v) is 5.91. The summed E-state index contributed by atoms with van der Waals surface area (Å²) < 4.78 is 0. The van der Waals surface area contributed by atoms with E-state index in [0.717, 1.165) is 17.5 Å². The van der Waals surface area contributed by atoms with E-state index < -0.39 is 0 Å². The third kappa shape index (κ3) is 5.15. The van der Waals surface area contributed by atoms with Gasteiger partial charge in [-0.15, -0.1) is 0 Å². The summed E-state index contributed by atoms with van der Waals surface area (Å²) >= 11 is 0. The molecular weight excluding hydrogens is 404 g/mol. The van der Waals surface area contributed by atoms with E-state index in [2.05, 4.69) is 74.3 Å². The van der Waals surface area contributed by atoms with Crippen LogP contribution in [-0.2, 0) is 0 Å². The van der Waals surface area contributed by atoms with Crippen LogP contribution in [0.4, 0.5) is 11.4 Å². The fraction of sp³-hybridized carbons (Fsp3) is 0.167. The molecule has 0 N–H and O–H groups in total. The number of azo groups is 1. The molecule has 2 aliphatic rings. The molecule has 0 amide bonds. The van der Waals surface area contributed by atoms with Crippen LogP contribution in [0.15, 0.2) is 83.0 Å². The van der Waals surface area contributed by atoms with Crippen LogP contribution in [0.1, 0.15) is 57.9 Å². The first-order valence-electron chi connectivity index (χ1n) is 11.2. The maximum absolute atomic E-state index is 10.7. The molecule has 0 fully saturated rings. The monoisotopic (exact) mass is 432 g/mol. The Morgan fingerprint density at radius 3 is 1.88 bits per heavy atom. The number of carbonyl (C=O) groups excluding carboxylic acids is 1. The van der Waals surface area contributed by atoms with Crippen molar-refractivity contribution in [3.63, 3.8) is 0 Å². The molecule has 3 nitrogen and oxygen atoms in total. The Bertz CT molecular complexity index is 1300. The van der Waals surface area contributed by atoms with Crippen molar-refractivity contribution in [1.29, 1.82) is 0 Å². The van der Waals surface area contributed by atoms with E-state index in [1.54, 1.807) is 24.3 Å². The van der Waals surface area contributed by atoms with Gasteiger partial charge in [-0.3, -0.25) is 4.79 Å². The summed E-state index contributed by atoms with van der Waals surface area (Å²) in [7, 11) is 0. The molecule has 33 heavy (non-hydrogen) atoms. The molecule has 0 aliphatic heterocycles. The van der Waals surface area contributed by atoms with E-state index in [1.165, 1.54) is 33.4 Å². The number of nitrogens with zero attached hydrogens (tertiary/aromatic N) is 2. The van der Waals surface area contributed by atoms with Gasteiger partial charge in [0.2, 0.25) is 0 Å². The summed E-state index contributed by atoms with van der Waals surface area (Å²) in [6.07, 6.45) is 5.16. The third-order valence-electron chi connectivity index (χ3n) is 5.91. The molecule has 4 rings (SSSR count). The molecule has 0 aromatic heterocycles. The highest BCUT2D eigenvalue weighted by Crippen LogP contribution is 2.37. The van der Waals surface area contributed by atoms with Gasteiger partial charge in [0, 0.05) is 5.56 Å².